The fourth-order valence-corrected chi connectivity index (χ4v) is 6.13. The van der Waals surface area contributed by atoms with Gasteiger partial charge in [0.05, 0.1) is 10.1 Å². The molecule has 2 rings (SSSR count). The Morgan fingerprint density at radius 3 is 1.85 bits per heavy atom. The van der Waals surface area contributed by atoms with Crippen LogP contribution in [0.4, 0.5) is 0 Å². The van der Waals surface area contributed by atoms with Gasteiger partial charge in [0.15, 0.2) is 0 Å². The number of rotatable bonds is 5. The lowest BCUT2D eigenvalue weighted by atomic mass is 9.80. The van der Waals surface area contributed by atoms with Gasteiger partial charge in [-0.05, 0) is 12.3 Å². The Hall–Kier alpha value is 0.780. The number of halogens is 4. The van der Waals surface area contributed by atoms with E-state index in [0.29, 0.717) is 0 Å². The largest absolute Gasteiger partial charge is 0.396 e. The third-order valence-corrected chi connectivity index (χ3v) is 7.37. The van der Waals surface area contributed by atoms with Crippen LogP contribution in [-0.2, 0) is 9.47 Å². The molecule has 1 fully saturated rings. The van der Waals surface area contributed by atoms with Crippen LogP contribution in [0.3, 0.4) is 0 Å². The molecule has 0 radical (unpaired) electrons. The molecule has 2 aliphatic rings. The lowest BCUT2D eigenvalue weighted by molar-refractivity contribution is -0.221. The van der Waals surface area contributed by atoms with Gasteiger partial charge < -0.3 is 14.6 Å². The van der Waals surface area contributed by atoms with Gasteiger partial charge >= 0.3 is 0 Å². The van der Waals surface area contributed by atoms with Crippen molar-refractivity contribution >= 4 is 46.4 Å². The molecule has 0 aromatic rings. The van der Waals surface area contributed by atoms with Gasteiger partial charge in [-0.1, -0.05) is 36.5 Å². The number of ether oxygens (including phenoxy) is 2. The molecular formula is C13H18Cl4O3. The molecule has 0 aromatic heterocycles. The van der Waals surface area contributed by atoms with Crippen LogP contribution in [0.15, 0.2) is 10.1 Å². The van der Waals surface area contributed by atoms with Crippen molar-refractivity contribution < 1.29 is 14.6 Å². The normalized spacial score (nSPS) is 42.6. The smallest absolute Gasteiger partial charge is 0.217 e. The standard InChI is InChI=1S/C13H18Cl4O3/c1-4-5-7-8(6-18)12(17)10(15)9(14)11(7,16)13(12,19-2)20-3/h7-8,18H,4-6H2,1-3H3/t7-,8+,11-,12+/m1/s1. The highest BCUT2D eigenvalue weighted by Crippen LogP contribution is 2.74. The zero-order valence-corrected chi connectivity index (χ0v) is 14.6. The van der Waals surface area contributed by atoms with Crippen molar-refractivity contribution in [1.29, 1.82) is 0 Å². The monoisotopic (exact) mass is 362 g/mol. The van der Waals surface area contributed by atoms with E-state index in [1.807, 2.05) is 6.92 Å². The van der Waals surface area contributed by atoms with Crippen LogP contribution in [-0.4, -0.2) is 41.5 Å². The summed E-state index contributed by atoms with van der Waals surface area (Å²) in [4.78, 5) is -2.48. The summed E-state index contributed by atoms with van der Waals surface area (Å²) >= 11 is 26.3. The molecule has 0 saturated heterocycles. The fraction of sp³-hybridized carbons (Fsp3) is 0.846. The second-order valence-electron chi connectivity index (χ2n) is 5.26. The van der Waals surface area contributed by atoms with Crippen molar-refractivity contribution in [3.05, 3.63) is 10.1 Å². The first-order valence-electron chi connectivity index (χ1n) is 6.48. The molecule has 4 atom stereocenters. The first-order valence-corrected chi connectivity index (χ1v) is 7.99. The van der Waals surface area contributed by atoms with Gasteiger partial charge in [-0.15, -0.1) is 23.2 Å². The lowest BCUT2D eigenvalue weighted by Gasteiger charge is -2.41. The molecule has 0 aliphatic heterocycles. The number of alkyl halides is 2. The van der Waals surface area contributed by atoms with Gasteiger partial charge in [-0.25, -0.2) is 0 Å². The second-order valence-corrected chi connectivity index (χ2v) is 7.21. The fourth-order valence-electron chi connectivity index (χ4n) is 3.88. The predicted molar refractivity (Wildman–Crippen MR) is 81.6 cm³/mol. The van der Waals surface area contributed by atoms with Gasteiger partial charge in [0, 0.05) is 26.7 Å². The van der Waals surface area contributed by atoms with Crippen LogP contribution in [0.25, 0.3) is 0 Å². The summed E-state index contributed by atoms with van der Waals surface area (Å²) in [5.41, 5.74) is 0. The van der Waals surface area contributed by atoms with E-state index in [-0.39, 0.29) is 22.6 Å². The number of aliphatic hydroxyl groups excluding tert-OH is 1. The third kappa shape index (κ3) is 1.56. The molecule has 2 bridgehead atoms. The molecule has 7 heteroatoms. The van der Waals surface area contributed by atoms with Crippen molar-refractivity contribution in [3.63, 3.8) is 0 Å². The van der Waals surface area contributed by atoms with Crippen molar-refractivity contribution in [2.75, 3.05) is 20.8 Å². The molecular weight excluding hydrogens is 346 g/mol. The Labute approximate surface area is 139 Å². The molecule has 0 heterocycles. The van der Waals surface area contributed by atoms with E-state index in [4.69, 9.17) is 55.9 Å². The Morgan fingerprint density at radius 2 is 1.50 bits per heavy atom. The van der Waals surface area contributed by atoms with Crippen LogP contribution in [0, 0.1) is 11.8 Å². The van der Waals surface area contributed by atoms with Gasteiger partial charge in [0.2, 0.25) is 5.79 Å². The number of fused-ring (bicyclic) bond motifs is 2. The highest BCUT2D eigenvalue weighted by atomic mass is 35.5. The molecule has 1 N–H and O–H groups in total. The van der Waals surface area contributed by atoms with Crippen molar-refractivity contribution in [3.8, 4) is 0 Å². The summed E-state index contributed by atoms with van der Waals surface area (Å²) in [6.07, 6.45) is 1.60. The molecule has 0 spiro atoms. The average molecular weight is 364 g/mol. The van der Waals surface area contributed by atoms with E-state index in [2.05, 4.69) is 0 Å². The van der Waals surface area contributed by atoms with E-state index in [9.17, 15) is 5.11 Å². The first-order chi connectivity index (χ1) is 9.33. The molecule has 2 aliphatic carbocycles. The third-order valence-electron chi connectivity index (χ3n) is 4.67. The van der Waals surface area contributed by atoms with Gasteiger partial charge in [0.25, 0.3) is 0 Å². The zero-order valence-electron chi connectivity index (χ0n) is 11.6. The predicted octanol–water partition coefficient (Wildman–Crippen LogP) is 3.67. The molecule has 20 heavy (non-hydrogen) atoms. The Balaban J connectivity index is 2.72. The van der Waals surface area contributed by atoms with E-state index < -0.39 is 21.5 Å². The van der Waals surface area contributed by atoms with Crippen LogP contribution in [0.5, 0.6) is 0 Å². The highest BCUT2D eigenvalue weighted by Gasteiger charge is 2.84. The summed E-state index contributed by atoms with van der Waals surface area (Å²) in [7, 11) is 2.92. The summed E-state index contributed by atoms with van der Waals surface area (Å²) in [5.74, 6) is -1.98. The van der Waals surface area contributed by atoms with E-state index in [1.54, 1.807) is 0 Å². The molecule has 1 saturated carbocycles. The van der Waals surface area contributed by atoms with Gasteiger partial charge in [0.1, 0.15) is 9.75 Å². The van der Waals surface area contributed by atoms with E-state index in [0.717, 1.165) is 12.8 Å². The summed E-state index contributed by atoms with van der Waals surface area (Å²) in [6.45, 7) is 1.86. The minimum Gasteiger partial charge on any atom is -0.396 e. The maximum absolute atomic E-state index is 9.81. The van der Waals surface area contributed by atoms with Crippen molar-refractivity contribution in [2.24, 2.45) is 11.8 Å². The van der Waals surface area contributed by atoms with Crippen LogP contribution in [0.2, 0.25) is 0 Å². The zero-order chi connectivity index (χ0) is 15.3. The quantitative estimate of drug-likeness (QED) is 0.598. The number of methoxy groups -OCH3 is 2. The molecule has 116 valence electrons. The number of hydrogen-bond donors (Lipinski definition) is 1. The summed E-state index contributed by atoms with van der Waals surface area (Å²) in [5, 5.41) is 10.3. The lowest BCUT2D eigenvalue weighted by Crippen LogP contribution is -2.57. The molecule has 3 nitrogen and oxygen atoms in total. The van der Waals surface area contributed by atoms with Crippen LogP contribution < -0.4 is 0 Å². The van der Waals surface area contributed by atoms with Crippen molar-refractivity contribution in [2.45, 2.75) is 35.3 Å². The maximum atomic E-state index is 9.81. The molecule has 0 aromatic carbocycles. The SMILES string of the molecule is CCC[C@@H]1[C@H](CO)[C@]2(Cl)C(Cl)=C(Cl)[C@@]1(Cl)C2(OC)OC. The van der Waals surface area contributed by atoms with E-state index >= 15 is 0 Å². The number of hydrogen-bond acceptors (Lipinski definition) is 3. The summed E-state index contributed by atoms with van der Waals surface area (Å²) < 4.78 is 11.2. The second kappa shape index (κ2) is 5.45. The van der Waals surface area contributed by atoms with Gasteiger partial charge in [-0.3, -0.25) is 0 Å². The summed E-state index contributed by atoms with van der Waals surface area (Å²) in [6, 6.07) is 0. The van der Waals surface area contributed by atoms with Gasteiger partial charge in [-0.2, -0.15) is 0 Å². The number of aliphatic hydroxyl groups is 1. The highest BCUT2D eigenvalue weighted by molar-refractivity contribution is 6.52. The first kappa shape index (κ1) is 17.1. The Kier molecular flexibility index (Phi) is 4.67. The minimum absolute atomic E-state index is 0.169. The van der Waals surface area contributed by atoms with E-state index in [1.165, 1.54) is 14.2 Å². The molecule has 0 amide bonds. The Morgan fingerprint density at radius 1 is 1.05 bits per heavy atom. The topological polar surface area (TPSA) is 38.7 Å². The maximum Gasteiger partial charge on any atom is 0.217 e. The molecule has 0 unspecified atom stereocenters. The van der Waals surface area contributed by atoms with Crippen LogP contribution in [0.1, 0.15) is 19.8 Å². The Bertz CT molecular complexity index is 437. The minimum atomic E-state index is -1.40. The van der Waals surface area contributed by atoms with Crippen LogP contribution >= 0.6 is 46.4 Å². The van der Waals surface area contributed by atoms with Crippen molar-refractivity contribution in [1.82, 2.24) is 0 Å². The average Bonchev–Trinajstić information content (AvgIpc) is 2.68.